The number of ether oxygens (including phenoxy) is 1. The van der Waals surface area contributed by atoms with Crippen LogP contribution in [0, 0.1) is 0 Å². The standard InChI is InChI=1S/C5H5NS2.C3H8O2.Y/c7-8-5-3-1-2-4-6-5;1-5-3-2-4;/h1-4,7H;4H,2-3H2,1H3;/p-1. The van der Waals surface area contributed by atoms with Gasteiger partial charge < -0.3 is 21.5 Å². The summed E-state index contributed by atoms with van der Waals surface area (Å²) in [5.41, 5.74) is 0. The van der Waals surface area contributed by atoms with Gasteiger partial charge in [0.25, 0.3) is 0 Å². The SMILES string of the molecule is COCCO.[S-]Sc1ccccn1.[Y]. The molecule has 1 aromatic heterocycles. The van der Waals surface area contributed by atoms with Crippen molar-refractivity contribution in [3.05, 3.63) is 24.4 Å². The molecule has 0 bridgehead atoms. The summed E-state index contributed by atoms with van der Waals surface area (Å²) in [6, 6.07) is 5.67. The first-order valence-electron chi connectivity index (χ1n) is 3.65. The third-order valence-corrected chi connectivity index (χ3v) is 1.94. The molecule has 0 amide bonds. The number of pyridine rings is 1. The van der Waals surface area contributed by atoms with E-state index in [4.69, 9.17) is 5.11 Å². The maximum atomic E-state index is 7.94. The van der Waals surface area contributed by atoms with E-state index in [2.05, 4.69) is 21.4 Å². The molecule has 1 N–H and O–H groups in total. The number of hydrogen-bond acceptors (Lipinski definition) is 5. The van der Waals surface area contributed by atoms with Crippen LogP contribution >= 0.6 is 10.8 Å². The van der Waals surface area contributed by atoms with Crippen molar-refractivity contribution in [3.8, 4) is 0 Å². The molecule has 1 aromatic rings. The van der Waals surface area contributed by atoms with Crippen molar-refractivity contribution in [1.29, 1.82) is 0 Å². The van der Waals surface area contributed by atoms with Crippen LogP contribution in [0.3, 0.4) is 0 Å². The Kier molecular flexibility index (Phi) is 17.1. The zero-order chi connectivity index (χ0) is 9.94. The molecular formula is C8H12NO2S2Y-. The Balaban J connectivity index is 0. The van der Waals surface area contributed by atoms with Gasteiger partial charge in [0.05, 0.1) is 18.2 Å². The molecule has 1 rings (SSSR count). The summed E-state index contributed by atoms with van der Waals surface area (Å²) in [7, 11) is 2.79. The Bertz CT molecular complexity index is 200. The first-order valence-corrected chi connectivity index (χ1v) is 5.40. The zero-order valence-corrected chi connectivity index (χ0v) is 12.4. The average Bonchev–Trinajstić information content (AvgIpc) is 2.21. The van der Waals surface area contributed by atoms with E-state index in [1.807, 2.05) is 18.2 Å². The first-order chi connectivity index (χ1) is 6.35. The molecule has 0 saturated heterocycles. The summed E-state index contributed by atoms with van der Waals surface area (Å²) in [6.45, 7) is 0.566. The molecule has 77 valence electrons. The quantitative estimate of drug-likeness (QED) is 0.673. The van der Waals surface area contributed by atoms with E-state index < -0.39 is 0 Å². The van der Waals surface area contributed by atoms with Gasteiger partial charge in [0.1, 0.15) is 0 Å². The number of hydrogen-bond donors (Lipinski definition) is 1. The third-order valence-electron chi connectivity index (χ3n) is 1.02. The van der Waals surface area contributed by atoms with Crippen LogP contribution in [-0.4, -0.2) is 30.4 Å². The van der Waals surface area contributed by atoms with Gasteiger partial charge in [-0.1, -0.05) is 6.07 Å². The van der Waals surface area contributed by atoms with Crippen LogP contribution in [0.2, 0.25) is 0 Å². The van der Waals surface area contributed by atoms with Crippen LogP contribution in [0.15, 0.2) is 29.4 Å². The molecule has 0 atom stereocenters. The molecule has 0 aliphatic carbocycles. The smallest absolute Gasteiger partial charge is 0.0714 e. The van der Waals surface area contributed by atoms with E-state index >= 15 is 0 Å². The Morgan fingerprint density at radius 1 is 1.57 bits per heavy atom. The van der Waals surface area contributed by atoms with Gasteiger partial charge in [-0.15, -0.1) is 0 Å². The van der Waals surface area contributed by atoms with Gasteiger partial charge in [0.15, 0.2) is 0 Å². The summed E-state index contributed by atoms with van der Waals surface area (Å²) >= 11 is 4.67. The number of rotatable bonds is 3. The molecule has 0 saturated carbocycles. The molecule has 1 heterocycles. The maximum absolute atomic E-state index is 7.94. The monoisotopic (exact) mass is 307 g/mol. The molecular weight excluding hydrogens is 295 g/mol. The second-order valence-corrected chi connectivity index (χ2v) is 3.05. The minimum atomic E-state index is 0. The van der Waals surface area contributed by atoms with Gasteiger partial charge in [0.2, 0.25) is 0 Å². The number of methoxy groups -OCH3 is 1. The summed E-state index contributed by atoms with van der Waals surface area (Å²) < 4.78 is 4.44. The van der Waals surface area contributed by atoms with Crippen molar-refractivity contribution < 1.29 is 42.6 Å². The number of nitrogens with zero attached hydrogens (tertiary/aromatic N) is 1. The number of aliphatic hydroxyl groups excluding tert-OH is 1. The van der Waals surface area contributed by atoms with E-state index in [1.165, 1.54) is 10.8 Å². The molecule has 0 unspecified atom stereocenters. The minimum Gasteiger partial charge on any atom is -0.712 e. The third kappa shape index (κ3) is 11.0. The van der Waals surface area contributed by atoms with Crippen LogP contribution in [0.5, 0.6) is 0 Å². The van der Waals surface area contributed by atoms with Crippen molar-refractivity contribution in [1.82, 2.24) is 4.98 Å². The molecule has 0 aliphatic heterocycles. The van der Waals surface area contributed by atoms with E-state index in [0.717, 1.165) is 5.03 Å². The van der Waals surface area contributed by atoms with Crippen LogP contribution in [0.1, 0.15) is 0 Å². The van der Waals surface area contributed by atoms with Gasteiger partial charge in [-0.05, 0) is 12.1 Å². The van der Waals surface area contributed by atoms with Crippen LogP contribution in [0.4, 0.5) is 0 Å². The molecule has 0 fully saturated rings. The fourth-order valence-corrected chi connectivity index (χ4v) is 1.02. The fraction of sp³-hybridized carbons (Fsp3) is 0.375. The van der Waals surface area contributed by atoms with E-state index in [1.54, 1.807) is 13.3 Å². The maximum Gasteiger partial charge on any atom is 0.0714 e. The Morgan fingerprint density at radius 3 is 2.50 bits per heavy atom. The molecule has 3 nitrogen and oxygen atoms in total. The Labute approximate surface area is 119 Å². The van der Waals surface area contributed by atoms with Crippen molar-refractivity contribution in [2.24, 2.45) is 0 Å². The van der Waals surface area contributed by atoms with Gasteiger partial charge in [-0.25, -0.2) is 0 Å². The summed E-state index contributed by atoms with van der Waals surface area (Å²) in [4.78, 5) is 3.96. The van der Waals surface area contributed by atoms with E-state index in [9.17, 15) is 0 Å². The Hall–Kier alpha value is 0.874. The van der Waals surface area contributed by atoms with Crippen molar-refractivity contribution in [3.63, 3.8) is 0 Å². The molecule has 1 radical (unpaired) electrons. The predicted molar refractivity (Wildman–Crippen MR) is 56.4 cm³/mol. The minimum absolute atomic E-state index is 0. The van der Waals surface area contributed by atoms with E-state index in [0.29, 0.717) is 6.61 Å². The zero-order valence-electron chi connectivity index (χ0n) is 7.92. The van der Waals surface area contributed by atoms with Gasteiger partial charge in [-0.3, -0.25) is 15.8 Å². The summed E-state index contributed by atoms with van der Waals surface area (Å²) in [5, 5.41) is 8.83. The summed E-state index contributed by atoms with van der Waals surface area (Å²) in [5.74, 6) is 0. The second-order valence-electron chi connectivity index (χ2n) is 1.97. The first kappa shape index (κ1) is 17.3. The predicted octanol–water partition coefficient (Wildman–Crippen LogP) is 1.26. The average molecular weight is 307 g/mol. The fourth-order valence-electron chi connectivity index (χ4n) is 0.488. The van der Waals surface area contributed by atoms with E-state index in [-0.39, 0.29) is 39.3 Å². The van der Waals surface area contributed by atoms with Gasteiger partial charge in [0, 0.05) is 46.0 Å². The normalized spacial score (nSPS) is 8.21. The number of aliphatic hydroxyl groups is 1. The second kappa shape index (κ2) is 13.9. The molecule has 14 heavy (non-hydrogen) atoms. The van der Waals surface area contributed by atoms with Crippen molar-refractivity contribution >= 4 is 22.5 Å². The van der Waals surface area contributed by atoms with Gasteiger partial charge >= 0.3 is 0 Å². The number of aromatic nitrogens is 1. The molecule has 0 spiro atoms. The van der Waals surface area contributed by atoms with Crippen molar-refractivity contribution in [2.75, 3.05) is 20.3 Å². The van der Waals surface area contributed by atoms with Crippen LogP contribution < -0.4 is 0 Å². The topological polar surface area (TPSA) is 42.4 Å². The molecule has 0 aromatic carbocycles. The van der Waals surface area contributed by atoms with Crippen molar-refractivity contribution in [2.45, 2.75) is 5.03 Å². The van der Waals surface area contributed by atoms with Crippen LogP contribution in [0.25, 0.3) is 0 Å². The van der Waals surface area contributed by atoms with Crippen LogP contribution in [-0.2, 0) is 49.1 Å². The molecule has 0 aliphatic rings. The van der Waals surface area contributed by atoms with Gasteiger partial charge in [-0.2, -0.15) is 0 Å². The molecule has 6 heteroatoms. The Morgan fingerprint density at radius 2 is 2.29 bits per heavy atom. The largest absolute Gasteiger partial charge is 0.712 e. The summed E-state index contributed by atoms with van der Waals surface area (Å²) in [6.07, 6.45) is 1.73.